The minimum absolute atomic E-state index is 0.0336. The highest BCUT2D eigenvalue weighted by Crippen LogP contribution is 1.98. The van der Waals surface area contributed by atoms with E-state index in [1.165, 1.54) is 0 Å². The second-order valence-corrected chi connectivity index (χ2v) is 2.32. The van der Waals surface area contributed by atoms with Crippen LogP contribution in [0, 0.1) is 0 Å². The van der Waals surface area contributed by atoms with Gasteiger partial charge in [-0.1, -0.05) is 5.16 Å². The van der Waals surface area contributed by atoms with E-state index < -0.39 is 0 Å². The molecule has 0 aliphatic carbocycles. The summed E-state index contributed by atoms with van der Waals surface area (Å²) in [5, 5.41) is 12.2. The van der Waals surface area contributed by atoms with Crippen LogP contribution in [0.1, 0.15) is 11.7 Å². The third kappa shape index (κ3) is 2.60. The third-order valence-corrected chi connectivity index (χ3v) is 1.37. The van der Waals surface area contributed by atoms with E-state index in [0.717, 1.165) is 0 Å². The first-order valence-electron chi connectivity index (χ1n) is 3.78. The summed E-state index contributed by atoms with van der Waals surface area (Å²) in [5.74, 6) is 1.10. The van der Waals surface area contributed by atoms with Gasteiger partial charge in [0.2, 0.25) is 5.89 Å². The van der Waals surface area contributed by atoms with E-state index in [4.69, 9.17) is 14.4 Å². The molecule has 5 heteroatoms. The van der Waals surface area contributed by atoms with Crippen molar-refractivity contribution in [3.05, 3.63) is 11.7 Å². The zero-order chi connectivity index (χ0) is 8.81. The average molecular weight is 172 g/mol. The Balaban J connectivity index is 2.41. The molecule has 1 N–H and O–H groups in total. The van der Waals surface area contributed by atoms with Crippen LogP contribution >= 0.6 is 0 Å². The molecule has 1 rings (SSSR count). The largest absolute Gasteiger partial charge is 0.396 e. The Morgan fingerprint density at radius 2 is 2.33 bits per heavy atom. The molecule has 0 radical (unpaired) electrons. The molecule has 0 spiro atoms. The summed E-state index contributed by atoms with van der Waals surface area (Å²) >= 11 is 0. The van der Waals surface area contributed by atoms with E-state index in [-0.39, 0.29) is 6.61 Å². The SMILES string of the molecule is COCCc1noc(CCO)n1. The molecule has 0 saturated heterocycles. The first-order chi connectivity index (χ1) is 5.86. The zero-order valence-electron chi connectivity index (χ0n) is 6.99. The van der Waals surface area contributed by atoms with Gasteiger partial charge in [-0.3, -0.25) is 0 Å². The van der Waals surface area contributed by atoms with E-state index >= 15 is 0 Å². The van der Waals surface area contributed by atoms with Crippen LogP contribution in [-0.2, 0) is 17.6 Å². The number of aromatic nitrogens is 2. The smallest absolute Gasteiger partial charge is 0.228 e. The molecule has 0 unspecified atom stereocenters. The first kappa shape index (κ1) is 9.15. The molecule has 1 heterocycles. The highest BCUT2D eigenvalue weighted by Gasteiger charge is 2.04. The Hall–Kier alpha value is -0.940. The molecule has 0 aliphatic rings. The van der Waals surface area contributed by atoms with Crippen LogP contribution in [-0.4, -0.2) is 35.6 Å². The van der Waals surface area contributed by atoms with Gasteiger partial charge in [-0.25, -0.2) is 0 Å². The van der Waals surface area contributed by atoms with E-state index in [0.29, 0.717) is 31.2 Å². The molecule has 1 aromatic heterocycles. The Labute approximate surface area is 70.3 Å². The Bertz CT molecular complexity index is 224. The molecular weight excluding hydrogens is 160 g/mol. The zero-order valence-corrected chi connectivity index (χ0v) is 6.99. The number of methoxy groups -OCH3 is 1. The van der Waals surface area contributed by atoms with Crippen LogP contribution in [0.5, 0.6) is 0 Å². The van der Waals surface area contributed by atoms with E-state index in [9.17, 15) is 0 Å². The van der Waals surface area contributed by atoms with E-state index in [1.54, 1.807) is 7.11 Å². The van der Waals surface area contributed by atoms with Gasteiger partial charge in [0.1, 0.15) is 0 Å². The lowest BCUT2D eigenvalue weighted by molar-refractivity contribution is 0.199. The summed E-state index contributed by atoms with van der Waals surface area (Å²) < 4.78 is 9.67. The molecular formula is C7H12N2O3. The van der Waals surface area contributed by atoms with Gasteiger partial charge in [0.15, 0.2) is 5.82 Å². The number of hydrogen-bond donors (Lipinski definition) is 1. The highest BCUT2D eigenvalue weighted by molar-refractivity contribution is 4.86. The lowest BCUT2D eigenvalue weighted by Gasteiger charge is -1.90. The summed E-state index contributed by atoms with van der Waals surface area (Å²) in [5.41, 5.74) is 0. The molecule has 0 fully saturated rings. The van der Waals surface area contributed by atoms with E-state index in [2.05, 4.69) is 10.1 Å². The van der Waals surface area contributed by atoms with E-state index in [1.807, 2.05) is 0 Å². The van der Waals surface area contributed by atoms with Gasteiger partial charge in [0.25, 0.3) is 0 Å². The fourth-order valence-corrected chi connectivity index (χ4v) is 0.782. The van der Waals surface area contributed by atoms with Crippen molar-refractivity contribution in [1.82, 2.24) is 10.1 Å². The average Bonchev–Trinajstić information content (AvgIpc) is 2.50. The van der Waals surface area contributed by atoms with Gasteiger partial charge in [0, 0.05) is 13.5 Å². The summed E-state index contributed by atoms with van der Waals surface area (Å²) in [7, 11) is 1.62. The van der Waals surface area contributed by atoms with Crippen molar-refractivity contribution in [2.45, 2.75) is 12.8 Å². The minimum atomic E-state index is 0.0336. The van der Waals surface area contributed by atoms with Crippen molar-refractivity contribution in [3.63, 3.8) is 0 Å². The van der Waals surface area contributed by atoms with Gasteiger partial charge in [-0.2, -0.15) is 4.98 Å². The number of nitrogens with zero attached hydrogens (tertiary/aromatic N) is 2. The van der Waals surface area contributed by atoms with Gasteiger partial charge in [0.05, 0.1) is 19.6 Å². The molecule has 0 amide bonds. The van der Waals surface area contributed by atoms with Gasteiger partial charge >= 0.3 is 0 Å². The molecule has 0 aliphatic heterocycles. The molecule has 5 nitrogen and oxygen atoms in total. The number of aliphatic hydroxyl groups excluding tert-OH is 1. The van der Waals surface area contributed by atoms with Gasteiger partial charge in [-0.15, -0.1) is 0 Å². The van der Waals surface area contributed by atoms with Crippen molar-refractivity contribution in [1.29, 1.82) is 0 Å². The van der Waals surface area contributed by atoms with Crippen LogP contribution in [0.25, 0.3) is 0 Å². The van der Waals surface area contributed by atoms with Gasteiger partial charge in [-0.05, 0) is 0 Å². The molecule has 0 aromatic carbocycles. The standard InChI is InChI=1S/C7H12N2O3/c1-11-5-3-6-8-7(2-4-10)12-9-6/h10H,2-5H2,1H3. The monoisotopic (exact) mass is 172 g/mol. The maximum absolute atomic E-state index is 8.55. The van der Waals surface area contributed by atoms with Crippen molar-refractivity contribution in [3.8, 4) is 0 Å². The topological polar surface area (TPSA) is 68.4 Å². The lowest BCUT2D eigenvalue weighted by atomic mass is 10.4. The quantitative estimate of drug-likeness (QED) is 0.665. The Morgan fingerprint density at radius 1 is 1.50 bits per heavy atom. The van der Waals surface area contributed by atoms with Crippen LogP contribution in [0.3, 0.4) is 0 Å². The third-order valence-electron chi connectivity index (χ3n) is 1.37. The van der Waals surface area contributed by atoms with Crippen LogP contribution in [0.4, 0.5) is 0 Å². The number of hydrogen-bond acceptors (Lipinski definition) is 5. The number of ether oxygens (including phenoxy) is 1. The summed E-state index contributed by atoms with van der Waals surface area (Å²) in [6.45, 7) is 0.615. The van der Waals surface area contributed by atoms with Crippen molar-refractivity contribution < 1.29 is 14.4 Å². The maximum atomic E-state index is 8.55. The molecule has 68 valence electrons. The fourth-order valence-electron chi connectivity index (χ4n) is 0.782. The number of rotatable bonds is 5. The normalized spacial score (nSPS) is 10.5. The summed E-state index contributed by atoms with van der Waals surface area (Å²) in [6, 6.07) is 0. The second-order valence-electron chi connectivity index (χ2n) is 2.32. The molecule has 1 aromatic rings. The Morgan fingerprint density at radius 3 is 3.00 bits per heavy atom. The summed E-state index contributed by atoms with van der Waals surface area (Å²) in [4.78, 5) is 4.02. The van der Waals surface area contributed by atoms with Crippen LogP contribution in [0.2, 0.25) is 0 Å². The molecule has 0 bridgehead atoms. The lowest BCUT2D eigenvalue weighted by Crippen LogP contribution is -1.97. The van der Waals surface area contributed by atoms with Gasteiger partial charge < -0.3 is 14.4 Å². The van der Waals surface area contributed by atoms with Crippen molar-refractivity contribution in [2.24, 2.45) is 0 Å². The van der Waals surface area contributed by atoms with Crippen molar-refractivity contribution >= 4 is 0 Å². The predicted molar refractivity (Wildman–Crippen MR) is 40.7 cm³/mol. The Kier molecular flexibility index (Phi) is 3.69. The second kappa shape index (κ2) is 4.84. The van der Waals surface area contributed by atoms with Crippen LogP contribution < -0.4 is 0 Å². The molecule has 12 heavy (non-hydrogen) atoms. The minimum Gasteiger partial charge on any atom is -0.396 e. The summed E-state index contributed by atoms with van der Waals surface area (Å²) in [6.07, 6.45) is 1.06. The molecule has 0 atom stereocenters. The highest BCUT2D eigenvalue weighted by atomic mass is 16.5. The predicted octanol–water partition coefficient (Wildman–Crippen LogP) is -0.207. The number of aliphatic hydroxyl groups is 1. The fraction of sp³-hybridized carbons (Fsp3) is 0.714. The maximum Gasteiger partial charge on any atom is 0.228 e. The van der Waals surface area contributed by atoms with Crippen molar-refractivity contribution in [2.75, 3.05) is 20.3 Å². The van der Waals surface area contributed by atoms with Crippen LogP contribution in [0.15, 0.2) is 4.52 Å². The molecule has 0 saturated carbocycles. The first-order valence-corrected chi connectivity index (χ1v) is 3.78.